The lowest BCUT2D eigenvalue weighted by Crippen LogP contribution is -2.36. The highest BCUT2D eigenvalue weighted by Gasteiger charge is 2.13. The SMILES string of the molecule is CC(C)OCC(O)CN(CCC#N)c1ccccc1. The summed E-state index contributed by atoms with van der Waals surface area (Å²) in [6, 6.07) is 11.9. The van der Waals surface area contributed by atoms with Crippen LogP contribution in [0.5, 0.6) is 0 Å². The van der Waals surface area contributed by atoms with Gasteiger partial charge in [-0.15, -0.1) is 0 Å². The summed E-state index contributed by atoms with van der Waals surface area (Å²) in [5, 5.41) is 18.7. The molecule has 0 aliphatic carbocycles. The van der Waals surface area contributed by atoms with Gasteiger partial charge in [-0.25, -0.2) is 0 Å². The molecule has 0 aromatic heterocycles. The molecule has 0 heterocycles. The van der Waals surface area contributed by atoms with Crippen LogP contribution in [0.3, 0.4) is 0 Å². The Morgan fingerprint density at radius 1 is 1.32 bits per heavy atom. The molecule has 4 nitrogen and oxygen atoms in total. The molecule has 0 aliphatic rings. The summed E-state index contributed by atoms with van der Waals surface area (Å²) in [7, 11) is 0. The molecule has 0 aliphatic heterocycles. The van der Waals surface area contributed by atoms with Gasteiger partial charge in [-0.2, -0.15) is 5.26 Å². The van der Waals surface area contributed by atoms with Crippen LogP contribution in [0, 0.1) is 11.3 Å². The van der Waals surface area contributed by atoms with Crippen molar-refractivity contribution in [2.45, 2.75) is 32.5 Å². The maximum Gasteiger partial charge on any atom is 0.0948 e. The van der Waals surface area contributed by atoms with Gasteiger partial charge in [-0.05, 0) is 26.0 Å². The average molecular weight is 262 g/mol. The van der Waals surface area contributed by atoms with Crippen LogP contribution in [0.2, 0.25) is 0 Å². The van der Waals surface area contributed by atoms with Crippen LogP contribution in [0.15, 0.2) is 30.3 Å². The molecule has 19 heavy (non-hydrogen) atoms. The Kier molecular flexibility index (Phi) is 6.94. The zero-order valence-electron chi connectivity index (χ0n) is 11.6. The van der Waals surface area contributed by atoms with E-state index >= 15 is 0 Å². The van der Waals surface area contributed by atoms with Crippen LogP contribution in [0.25, 0.3) is 0 Å². The van der Waals surface area contributed by atoms with Crippen LogP contribution < -0.4 is 4.90 Å². The van der Waals surface area contributed by atoms with Gasteiger partial charge in [0.15, 0.2) is 0 Å². The molecule has 0 saturated carbocycles. The monoisotopic (exact) mass is 262 g/mol. The lowest BCUT2D eigenvalue weighted by atomic mass is 10.2. The third-order valence-electron chi connectivity index (χ3n) is 2.67. The van der Waals surface area contributed by atoms with Crippen molar-refractivity contribution in [3.8, 4) is 6.07 Å². The number of aliphatic hydroxyl groups is 1. The highest BCUT2D eigenvalue weighted by atomic mass is 16.5. The number of ether oxygens (including phenoxy) is 1. The third kappa shape index (κ3) is 6.23. The summed E-state index contributed by atoms with van der Waals surface area (Å²) in [6.45, 7) is 5.28. The number of para-hydroxylation sites is 1. The van der Waals surface area contributed by atoms with E-state index in [-0.39, 0.29) is 6.10 Å². The summed E-state index contributed by atoms with van der Waals surface area (Å²) in [6.07, 6.45) is -0.00707. The molecule has 1 rings (SSSR count). The average Bonchev–Trinajstić information content (AvgIpc) is 2.42. The van der Waals surface area contributed by atoms with Crippen molar-refractivity contribution in [2.24, 2.45) is 0 Å². The highest BCUT2D eigenvalue weighted by Crippen LogP contribution is 2.14. The smallest absolute Gasteiger partial charge is 0.0948 e. The van der Waals surface area contributed by atoms with Crippen LogP contribution in [0.4, 0.5) is 5.69 Å². The number of anilines is 1. The van der Waals surface area contributed by atoms with Gasteiger partial charge in [0, 0.05) is 18.8 Å². The van der Waals surface area contributed by atoms with E-state index < -0.39 is 6.10 Å². The maximum atomic E-state index is 9.98. The van der Waals surface area contributed by atoms with Crippen LogP contribution in [0.1, 0.15) is 20.3 Å². The number of aliphatic hydroxyl groups excluding tert-OH is 1. The van der Waals surface area contributed by atoms with E-state index in [9.17, 15) is 5.11 Å². The largest absolute Gasteiger partial charge is 0.389 e. The van der Waals surface area contributed by atoms with Gasteiger partial charge in [0.05, 0.1) is 31.3 Å². The van der Waals surface area contributed by atoms with Crippen molar-refractivity contribution in [3.05, 3.63) is 30.3 Å². The summed E-state index contributed by atoms with van der Waals surface area (Å²) in [5.41, 5.74) is 1.02. The first-order valence-electron chi connectivity index (χ1n) is 6.60. The molecule has 1 atom stereocenters. The second kappa shape index (κ2) is 8.52. The van der Waals surface area contributed by atoms with Gasteiger partial charge in [-0.3, -0.25) is 0 Å². The first kappa shape index (κ1) is 15.5. The molecular weight excluding hydrogens is 240 g/mol. The van der Waals surface area contributed by atoms with E-state index in [2.05, 4.69) is 6.07 Å². The molecule has 1 unspecified atom stereocenters. The summed E-state index contributed by atoms with van der Waals surface area (Å²) < 4.78 is 5.40. The van der Waals surface area contributed by atoms with Gasteiger partial charge in [0.2, 0.25) is 0 Å². The van der Waals surface area contributed by atoms with Crippen molar-refractivity contribution in [2.75, 3.05) is 24.6 Å². The molecule has 0 saturated heterocycles. The van der Waals surface area contributed by atoms with Gasteiger partial charge < -0.3 is 14.7 Å². The van der Waals surface area contributed by atoms with E-state index in [0.717, 1.165) is 5.69 Å². The molecule has 1 N–H and O–H groups in total. The fourth-order valence-electron chi connectivity index (χ4n) is 1.76. The lowest BCUT2D eigenvalue weighted by Gasteiger charge is -2.26. The van der Waals surface area contributed by atoms with E-state index in [1.54, 1.807) is 0 Å². The molecule has 4 heteroatoms. The molecule has 1 aromatic carbocycles. The molecule has 1 aromatic rings. The van der Waals surface area contributed by atoms with E-state index in [1.807, 2.05) is 49.1 Å². The molecule has 0 radical (unpaired) electrons. The Bertz CT molecular complexity index is 387. The minimum atomic E-state index is -0.554. The summed E-state index contributed by atoms with van der Waals surface area (Å²) >= 11 is 0. The van der Waals surface area contributed by atoms with Crippen LogP contribution in [-0.4, -0.2) is 37.0 Å². The minimum absolute atomic E-state index is 0.110. The standard InChI is InChI=1S/C15H22N2O2/c1-13(2)19-12-15(18)11-17(10-6-9-16)14-7-4-3-5-8-14/h3-5,7-8,13,15,18H,6,10-12H2,1-2H3. The Hall–Kier alpha value is -1.57. The third-order valence-corrected chi connectivity index (χ3v) is 2.67. The fourth-order valence-corrected chi connectivity index (χ4v) is 1.76. The topological polar surface area (TPSA) is 56.5 Å². The second-order valence-corrected chi connectivity index (χ2v) is 4.73. The fraction of sp³-hybridized carbons (Fsp3) is 0.533. The van der Waals surface area contributed by atoms with Crippen LogP contribution in [-0.2, 0) is 4.74 Å². The van der Waals surface area contributed by atoms with Gasteiger partial charge in [0.1, 0.15) is 0 Å². The van der Waals surface area contributed by atoms with Crippen LogP contribution >= 0.6 is 0 Å². The molecule has 0 fully saturated rings. The van der Waals surface area contributed by atoms with E-state index in [1.165, 1.54) is 0 Å². The number of hydrogen-bond acceptors (Lipinski definition) is 4. The van der Waals surface area contributed by atoms with Crippen molar-refractivity contribution in [1.82, 2.24) is 0 Å². The summed E-state index contributed by atoms with van der Waals surface area (Å²) in [5.74, 6) is 0. The van der Waals surface area contributed by atoms with Crippen molar-refractivity contribution in [1.29, 1.82) is 5.26 Å². The molecule has 104 valence electrons. The van der Waals surface area contributed by atoms with Gasteiger partial charge >= 0.3 is 0 Å². The van der Waals surface area contributed by atoms with Crippen molar-refractivity contribution in [3.63, 3.8) is 0 Å². The van der Waals surface area contributed by atoms with Crippen molar-refractivity contribution < 1.29 is 9.84 Å². The minimum Gasteiger partial charge on any atom is -0.389 e. The predicted octanol–water partition coefficient (Wildman–Crippen LogP) is 2.19. The predicted molar refractivity (Wildman–Crippen MR) is 76.0 cm³/mol. The van der Waals surface area contributed by atoms with E-state index in [0.29, 0.717) is 26.1 Å². The number of benzene rings is 1. The van der Waals surface area contributed by atoms with Gasteiger partial charge in [0.25, 0.3) is 0 Å². The maximum absolute atomic E-state index is 9.98. The second-order valence-electron chi connectivity index (χ2n) is 4.73. The zero-order chi connectivity index (χ0) is 14.1. The Morgan fingerprint density at radius 3 is 2.58 bits per heavy atom. The summed E-state index contributed by atoms with van der Waals surface area (Å²) in [4.78, 5) is 2.01. The van der Waals surface area contributed by atoms with Gasteiger partial charge in [-0.1, -0.05) is 18.2 Å². The molecule has 0 amide bonds. The Morgan fingerprint density at radius 2 is 2.00 bits per heavy atom. The van der Waals surface area contributed by atoms with Crippen molar-refractivity contribution >= 4 is 5.69 Å². The first-order chi connectivity index (χ1) is 9.13. The normalized spacial score (nSPS) is 12.2. The molecule has 0 spiro atoms. The Labute approximate surface area is 115 Å². The Balaban J connectivity index is 2.57. The quantitative estimate of drug-likeness (QED) is 0.780. The zero-order valence-corrected chi connectivity index (χ0v) is 11.6. The molecular formula is C15H22N2O2. The highest BCUT2D eigenvalue weighted by molar-refractivity contribution is 5.46. The molecule has 0 bridgehead atoms. The number of rotatable bonds is 8. The van der Waals surface area contributed by atoms with E-state index in [4.69, 9.17) is 10.00 Å². The number of nitrogens with zero attached hydrogens (tertiary/aromatic N) is 2. The number of hydrogen-bond donors (Lipinski definition) is 1. The lowest BCUT2D eigenvalue weighted by molar-refractivity contribution is 0.00892. The first-order valence-corrected chi connectivity index (χ1v) is 6.60. The number of nitriles is 1.